The fraction of sp³-hybridized carbons (Fsp3) is 0.769. The van der Waals surface area contributed by atoms with Gasteiger partial charge in [-0.1, -0.05) is 31.9 Å². The molecule has 17 heavy (non-hydrogen) atoms. The number of ketones is 1. The highest BCUT2D eigenvalue weighted by atomic mass is 16.1. The van der Waals surface area contributed by atoms with Crippen molar-refractivity contribution in [1.29, 1.82) is 0 Å². The van der Waals surface area contributed by atoms with Crippen LogP contribution in [-0.2, 0) is 6.54 Å². The van der Waals surface area contributed by atoms with E-state index >= 15 is 0 Å². The summed E-state index contributed by atoms with van der Waals surface area (Å²) in [6, 6.07) is 0. The average molecular weight is 235 g/mol. The fourth-order valence-corrected chi connectivity index (χ4v) is 2.56. The topological polar surface area (TPSA) is 47.8 Å². The van der Waals surface area contributed by atoms with Gasteiger partial charge in [0.2, 0.25) is 0 Å². The highest BCUT2D eigenvalue weighted by Gasteiger charge is 2.27. The van der Waals surface area contributed by atoms with Crippen LogP contribution in [0.5, 0.6) is 0 Å². The van der Waals surface area contributed by atoms with Gasteiger partial charge in [-0.25, -0.2) is 4.68 Å². The van der Waals surface area contributed by atoms with Crippen molar-refractivity contribution in [2.45, 2.75) is 52.5 Å². The first-order valence-corrected chi connectivity index (χ1v) is 6.65. The third-order valence-corrected chi connectivity index (χ3v) is 3.69. The summed E-state index contributed by atoms with van der Waals surface area (Å²) in [6.45, 7) is 5.13. The van der Waals surface area contributed by atoms with Crippen LogP contribution in [0, 0.1) is 11.8 Å². The minimum absolute atomic E-state index is 0.195. The predicted octanol–water partition coefficient (Wildman–Crippen LogP) is 2.70. The molecule has 0 atom stereocenters. The summed E-state index contributed by atoms with van der Waals surface area (Å²) < 4.78 is 1.75. The lowest BCUT2D eigenvalue weighted by Gasteiger charge is -2.24. The number of Topliss-reactive ketones (excluding diaryl/α,β-unsaturated/α-hetero) is 1. The van der Waals surface area contributed by atoms with Crippen LogP contribution >= 0.6 is 0 Å². The average Bonchev–Trinajstić information content (AvgIpc) is 2.78. The Balaban J connectivity index is 2.06. The lowest BCUT2D eigenvalue weighted by molar-refractivity contribution is 0.0864. The maximum atomic E-state index is 12.4. The van der Waals surface area contributed by atoms with E-state index in [1.807, 2.05) is 0 Å². The van der Waals surface area contributed by atoms with E-state index in [1.165, 1.54) is 12.8 Å². The summed E-state index contributed by atoms with van der Waals surface area (Å²) in [5.74, 6) is 1.22. The van der Waals surface area contributed by atoms with Crippen LogP contribution in [0.4, 0.5) is 0 Å². The molecular weight excluding hydrogens is 214 g/mol. The molecule has 4 heteroatoms. The molecule has 1 aromatic heterocycles. The second kappa shape index (κ2) is 5.43. The summed E-state index contributed by atoms with van der Waals surface area (Å²) in [6.07, 6.45) is 6.99. The van der Waals surface area contributed by atoms with Gasteiger partial charge in [-0.05, 0) is 25.2 Å². The molecule has 2 rings (SSSR count). The zero-order valence-electron chi connectivity index (χ0n) is 10.7. The van der Waals surface area contributed by atoms with E-state index in [2.05, 4.69) is 24.2 Å². The van der Waals surface area contributed by atoms with Crippen LogP contribution in [0.2, 0.25) is 0 Å². The SMILES string of the molecule is CCCn1nncc1C(=O)C1CCC(C)CC1. The van der Waals surface area contributed by atoms with E-state index < -0.39 is 0 Å². The van der Waals surface area contributed by atoms with Gasteiger partial charge in [0, 0.05) is 12.5 Å². The number of aromatic nitrogens is 3. The highest BCUT2D eigenvalue weighted by molar-refractivity contribution is 5.96. The third-order valence-electron chi connectivity index (χ3n) is 3.69. The Morgan fingerprint density at radius 1 is 1.41 bits per heavy atom. The Morgan fingerprint density at radius 2 is 2.12 bits per heavy atom. The van der Waals surface area contributed by atoms with Gasteiger partial charge in [0.1, 0.15) is 5.69 Å². The van der Waals surface area contributed by atoms with Crippen LogP contribution in [0.1, 0.15) is 56.4 Å². The van der Waals surface area contributed by atoms with Crippen LogP contribution < -0.4 is 0 Å². The zero-order valence-corrected chi connectivity index (χ0v) is 10.7. The van der Waals surface area contributed by atoms with Gasteiger partial charge >= 0.3 is 0 Å². The molecule has 0 unspecified atom stereocenters. The summed E-state index contributed by atoms with van der Waals surface area (Å²) in [7, 11) is 0. The normalized spacial score (nSPS) is 24.8. The molecule has 0 N–H and O–H groups in total. The van der Waals surface area contributed by atoms with Gasteiger partial charge < -0.3 is 0 Å². The molecule has 1 aromatic rings. The molecule has 1 aliphatic carbocycles. The molecule has 1 fully saturated rings. The first kappa shape index (κ1) is 12.3. The van der Waals surface area contributed by atoms with Crippen molar-refractivity contribution < 1.29 is 4.79 Å². The summed E-state index contributed by atoms with van der Waals surface area (Å²) in [5.41, 5.74) is 0.700. The molecule has 0 spiro atoms. The van der Waals surface area contributed by atoms with Gasteiger partial charge in [0.25, 0.3) is 0 Å². The van der Waals surface area contributed by atoms with Crippen molar-refractivity contribution in [3.63, 3.8) is 0 Å². The summed E-state index contributed by atoms with van der Waals surface area (Å²) in [5, 5.41) is 7.85. The monoisotopic (exact) mass is 235 g/mol. The Bertz CT molecular complexity index is 378. The number of hydrogen-bond donors (Lipinski definition) is 0. The van der Waals surface area contributed by atoms with E-state index in [4.69, 9.17) is 0 Å². The molecule has 1 saturated carbocycles. The Kier molecular flexibility index (Phi) is 3.92. The van der Waals surface area contributed by atoms with Crippen molar-refractivity contribution in [3.05, 3.63) is 11.9 Å². The second-order valence-electron chi connectivity index (χ2n) is 5.16. The number of aryl methyl sites for hydroxylation is 1. The van der Waals surface area contributed by atoms with E-state index in [9.17, 15) is 4.79 Å². The predicted molar refractivity (Wildman–Crippen MR) is 65.8 cm³/mol. The second-order valence-corrected chi connectivity index (χ2v) is 5.16. The number of carbonyl (C=O) groups is 1. The zero-order chi connectivity index (χ0) is 12.3. The molecule has 1 heterocycles. The molecule has 0 aromatic carbocycles. The van der Waals surface area contributed by atoms with Crippen molar-refractivity contribution in [2.24, 2.45) is 11.8 Å². The lowest BCUT2D eigenvalue weighted by Crippen LogP contribution is -2.23. The van der Waals surface area contributed by atoms with Gasteiger partial charge in [0.15, 0.2) is 5.78 Å². The Hall–Kier alpha value is -1.19. The summed E-state index contributed by atoms with van der Waals surface area (Å²) >= 11 is 0. The standard InChI is InChI=1S/C13H21N3O/c1-3-8-16-12(9-14-15-16)13(17)11-6-4-10(2)5-7-11/h9-11H,3-8H2,1-2H3. The maximum Gasteiger partial charge on any atom is 0.185 e. The van der Waals surface area contributed by atoms with E-state index in [1.54, 1.807) is 10.9 Å². The minimum atomic E-state index is 0.195. The van der Waals surface area contributed by atoms with E-state index in [0.717, 1.165) is 31.7 Å². The molecule has 0 bridgehead atoms. The minimum Gasteiger partial charge on any atom is -0.292 e. The smallest absolute Gasteiger partial charge is 0.185 e. The number of hydrogen-bond acceptors (Lipinski definition) is 3. The molecule has 94 valence electrons. The molecular formula is C13H21N3O. The summed E-state index contributed by atoms with van der Waals surface area (Å²) in [4.78, 5) is 12.4. The van der Waals surface area contributed by atoms with Crippen LogP contribution in [0.15, 0.2) is 6.20 Å². The van der Waals surface area contributed by atoms with Crippen LogP contribution in [-0.4, -0.2) is 20.8 Å². The van der Waals surface area contributed by atoms with Crippen LogP contribution in [0.25, 0.3) is 0 Å². The maximum absolute atomic E-state index is 12.4. The van der Waals surface area contributed by atoms with Crippen molar-refractivity contribution in [2.75, 3.05) is 0 Å². The fourth-order valence-electron chi connectivity index (χ4n) is 2.56. The van der Waals surface area contributed by atoms with Crippen molar-refractivity contribution in [1.82, 2.24) is 15.0 Å². The van der Waals surface area contributed by atoms with Crippen molar-refractivity contribution >= 4 is 5.78 Å². The molecule has 4 nitrogen and oxygen atoms in total. The van der Waals surface area contributed by atoms with Crippen molar-refractivity contribution in [3.8, 4) is 0 Å². The molecule has 1 aliphatic rings. The first-order chi connectivity index (χ1) is 8.22. The number of nitrogens with zero attached hydrogens (tertiary/aromatic N) is 3. The van der Waals surface area contributed by atoms with Gasteiger partial charge in [0.05, 0.1) is 6.20 Å². The molecule has 0 amide bonds. The quantitative estimate of drug-likeness (QED) is 0.754. The Labute approximate surface area is 102 Å². The Morgan fingerprint density at radius 3 is 2.76 bits per heavy atom. The molecule has 0 saturated heterocycles. The number of rotatable bonds is 4. The van der Waals surface area contributed by atoms with E-state index in [0.29, 0.717) is 5.69 Å². The van der Waals surface area contributed by atoms with Crippen LogP contribution in [0.3, 0.4) is 0 Å². The molecule has 0 aliphatic heterocycles. The third kappa shape index (κ3) is 2.73. The van der Waals surface area contributed by atoms with Gasteiger partial charge in [-0.2, -0.15) is 0 Å². The number of carbonyl (C=O) groups excluding carboxylic acids is 1. The molecule has 0 radical (unpaired) electrons. The van der Waals surface area contributed by atoms with Gasteiger partial charge in [-0.15, -0.1) is 5.10 Å². The van der Waals surface area contributed by atoms with Gasteiger partial charge in [-0.3, -0.25) is 4.79 Å². The highest BCUT2D eigenvalue weighted by Crippen LogP contribution is 2.30. The lowest BCUT2D eigenvalue weighted by atomic mass is 9.80. The largest absolute Gasteiger partial charge is 0.292 e. The van der Waals surface area contributed by atoms with E-state index in [-0.39, 0.29) is 11.7 Å². The first-order valence-electron chi connectivity index (χ1n) is 6.65.